The normalized spacial score (nSPS) is 7.43. The zero-order valence-electron chi connectivity index (χ0n) is 65.8. The van der Waals surface area contributed by atoms with E-state index in [0.717, 1.165) is 45.4 Å². The zero-order valence-corrected chi connectivity index (χ0v) is 65.8. The SMILES string of the molecule is CC.CC.CC.CC.CC.CC.CC.CC.CC.CC.CC.Cc1ccccn1.Cc1cccnc1.Cc1cccnn1.Cc1ccncc1.Cc1ccncn1.Cc1ccnnc1.Cc1cn[nH]n1.Cc1cn[nH]n1.Cc1cncnc1.Cc1ncccn1.Cn1ccnn1. The maximum Gasteiger partial charge on any atom is 0.125 e. The molecule has 11 heterocycles. The van der Waals surface area contributed by atoms with Crippen molar-refractivity contribution in [3.8, 4) is 0 Å². The lowest BCUT2D eigenvalue weighted by atomic mass is 10.3. The first-order valence-electron chi connectivity index (χ1n) is 33.5. The fourth-order valence-electron chi connectivity index (χ4n) is 3.95. The number of rotatable bonds is 0. The minimum absolute atomic E-state index is 0.822. The smallest absolute Gasteiger partial charge is 0.125 e. The van der Waals surface area contributed by atoms with Crippen LogP contribution in [0.3, 0.4) is 0 Å². The Morgan fingerprint density at radius 2 is 0.740 bits per heavy atom. The van der Waals surface area contributed by atoms with Gasteiger partial charge in [0.05, 0.1) is 41.9 Å². The highest BCUT2D eigenvalue weighted by Crippen LogP contribution is 1.91. The van der Waals surface area contributed by atoms with Crippen LogP contribution in [-0.2, 0) is 7.05 Å². The number of nitrogens with one attached hydrogen (secondary N) is 2. The molecular formula is C74H132N22. The molecule has 11 rings (SSSR count). The van der Waals surface area contributed by atoms with Crippen molar-refractivity contribution in [3.63, 3.8) is 0 Å². The Bertz CT molecular complexity index is 2270. The second-order valence-electron chi connectivity index (χ2n) is 14.7. The Labute approximate surface area is 584 Å². The van der Waals surface area contributed by atoms with Gasteiger partial charge in [-0.05, 0) is 152 Å². The molecule has 0 amide bonds. The van der Waals surface area contributed by atoms with Gasteiger partial charge in [-0.1, -0.05) is 170 Å². The summed E-state index contributed by atoms with van der Waals surface area (Å²) in [6.07, 6.45) is 32.5. The van der Waals surface area contributed by atoms with Gasteiger partial charge in [0.25, 0.3) is 0 Å². The first kappa shape index (κ1) is 111. The van der Waals surface area contributed by atoms with E-state index in [0.29, 0.717) is 0 Å². The number of pyridine rings is 3. The van der Waals surface area contributed by atoms with E-state index in [1.165, 1.54) is 23.8 Å². The standard InChI is InChI=1S/3C6H7N.5C5H6N2.3C3H5N3.11C2H6/c1-6-2-4-7-5-3-6;1-6-3-2-4-7-5-6;1-6-4-2-3-5-7-6;1-5-2-6-4-7-3-5;1-5-2-3-6-4-7-5;1-5-2-3-6-7-4-5;1-5-6-3-2-4-7-5;1-5-3-2-4-6-7-5;1-6-3-2-4-5-6;2*1-3-2-4-6-5-3;11*1-2/h3*2-5H,1H3;5*2-4H,1H3;2-3H,1H3;2*2H,1H3,(H,4,5,6);11*1-2H3. The van der Waals surface area contributed by atoms with Gasteiger partial charge in [-0.15, -0.1) is 5.10 Å². The molecule has 11 aromatic rings. The molecule has 22 nitrogen and oxygen atoms in total. The van der Waals surface area contributed by atoms with Gasteiger partial charge in [0.1, 0.15) is 18.5 Å². The lowest BCUT2D eigenvalue weighted by Crippen LogP contribution is -1.85. The third-order valence-electron chi connectivity index (χ3n) is 7.63. The van der Waals surface area contributed by atoms with Crippen molar-refractivity contribution < 1.29 is 0 Å². The number of hydrogen-bond donors (Lipinski definition) is 2. The first-order valence-corrected chi connectivity index (χ1v) is 33.5. The van der Waals surface area contributed by atoms with Crippen LogP contribution in [-0.4, -0.2) is 111 Å². The minimum atomic E-state index is 0.822. The molecule has 0 saturated carbocycles. The number of H-pyrrole nitrogens is 2. The van der Waals surface area contributed by atoms with Gasteiger partial charge in [-0.2, -0.15) is 51.2 Å². The third-order valence-corrected chi connectivity index (χ3v) is 7.63. The lowest BCUT2D eigenvalue weighted by Gasteiger charge is -1.82. The summed E-state index contributed by atoms with van der Waals surface area (Å²) in [4.78, 5) is 34.6. The summed E-state index contributed by atoms with van der Waals surface area (Å²) in [5.41, 5.74) is 9.61. The van der Waals surface area contributed by atoms with Crippen molar-refractivity contribution in [1.29, 1.82) is 0 Å². The van der Waals surface area contributed by atoms with Gasteiger partial charge in [0.2, 0.25) is 0 Å². The van der Waals surface area contributed by atoms with Crippen molar-refractivity contribution in [2.75, 3.05) is 0 Å². The van der Waals surface area contributed by atoms with Crippen LogP contribution in [0.1, 0.15) is 209 Å². The molecule has 11 aromatic heterocycles. The van der Waals surface area contributed by atoms with E-state index in [9.17, 15) is 0 Å². The van der Waals surface area contributed by atoms with E-state index in [1.807, 2.05) is 302 Å². The van der Waals surface area contributed by atoms with E-state index in [4.69, 9.17) is 0 Å². The predicted molar refractivity (Wildman–Crippen MR) is 409 cm³/mol. The van der Waals surface area contributed by atoms with Crippen LogP contribution in [0.15, 0.2) is 191 Å². The van der Waals surface area contributed by atoms with Crippen molar-refractivity contribution >= 4 is 0 Å². The number of aryl methyl sites for hydroxylation is 11. The number of aromatic amines is 2. The molecule has 0 fully saturated rings. The summed E-state index contributed by atoms with van der Waals surface area (Å²) in [7, 11) is 1.83. The van der Waals surface area contributed by atoms with Gasteiger partial charge in [0.15, 0.2) is 0 Å². The maximum atomic E-state index is 3.98. The van der Waals surface area contributed by atoms with Gasteiger partial charge >= 0.3 is 0 Å². The predicted octanol–water partition coefficient (Wildman–Crippen LogP) is 19.4. The molecule has 2 N–H and O–H groups in total. The molecule has 0 aromatic carbocycles. The van der Waals surface area contributed by atoms with Crippen LogP contribution in [0.5, 0.6) is 0 Å². The van der Waals surface area contributed by atoms with E-state index < -0.39 is 0 Å². The van der Waals surface area contributed by atoms with Gasteiger partial charge in [0, 0.05) is 99.0 Å². The first-order chi connectivity index (χ1) is 46.8. The van der Waals surface area contributed by atoms with Crippen molar-refractivity contribution in [3.05, 3.63) is 247 Å². The molecular weight excluding hydrogens is 1200 g/mol. The molecule has 0 aliphatic heterocycles. The molecule has 0 atom stereocenters. The molecule has 0 spiro atoms. The van der Waals surface area contributed by atoms with E-state index in [2.05, 4.69) is 106 Å². The third kappa shape index (κ3) is 103. The molecule has 0 saturated heterocycles. The molecule has 0 aliphatic rings. The minimum Gasteiger partial charge on any atom is -0.265 e. The molecule has 0 aliphatic carbocycles. The molecule has 96 heavy (non-hydrogen) atoms. The Balaban J connectivity index is -0.0000000894. The summed E-state index contributed by atoms with van der Waals surface area (Å²) in [6, 6.07) is 23.1. The molecule has 22 heteroatoms. The van der Waals surface area contributed by atoms with Gasteiger partial charge < -0.3 is 0 Å². The second kappa shape index (κ2) is 107. The van der Waals surface area contributed by atoms with Crippen LogP contribution in [0, 0.1) is 69.2 Å². The number of hydrogen-bond acceptors (Lipinski definition) is 19. The fourth-order valence-corrected chi connectivity index (χ4v) is 3.95. The van der Waals surface area contributed by atoms with Crippen LogP contribution in [0.25, 0.3) is 0 Å². The Hall–Kier alpha value is -9.73. The van der Waals surface area contributed by atoms with Crippen molar-refractivity contribution in [2.24, 2.45) is 7.05 Å². The number of aromatic nitrogens is 22. The summed E-state index contributed by atoms with van der Waals surface area (Å²) in [5, 5.41) is 41.1. The van der Waals surface area contributed by atoms with E-state index in [1.54, 1.807) is 110 Å². The van der Waals surface area contributed by atoms with Crippen molar-refractivity contribution in [2.45, 2.75) is 222 Å². The van der Waals surface area contributed by atoms with E-state index >= 15 is 0 Å². The monoisotopic (exact) mass is 1330 g/mol. The average molecular weight is 1330 g/mol. The summed E-state index contributed by atoms with van der Waals surface area (Å²) >= 11 is 0. The molecule has 0 bridgehead atoms. The van der Waals surface area contributed by atoms with Gasteiger partial charge in [-0.3, -0.25) is 19.6 Å². The molecule has 0 unspecified atom stereocenters. The lowest BCUT2D eigenvalue weighted by molar-refractivity contribution is 0.715. The highest BCUT2D eigenvalue weighted by molar-refractivity contribution is 5.06. The average Bonchev–Trinajstić information content (AvgIpc) is 4.55. The van der Waals surface area contributed by atoms with Gasteiger partial charge in [-0.25, -0.2) is 29.9 Å². The fraction of sp³-hybridized carbons (Fsp3) is 0.446. The number of nitrogens with zero attached hydrogens (tertiary/aromatic N) is 20. The van der Waals surface area contributed by atoms with Crippen LogP contribution in [0.4, 0.5) is 0 Å². The molecule has 0 radical (unpaired) electrons. The highest BCUT2D eigenvalue weighted by atomic mass is 15.4. The highest BCUT2D eigenvalue weighted by Gasteiger charge is 1.80. The Kier molecular flexibility index (Phi) is 123. The maximum absolute atomic E-state index is 3.98. The molecule has 538 valence electrons. The second-order valence-corrected chi connectivity index (χ2v) is 14.7. The van der Waals surface area contributed by atoms with Crippen LogP contribution >= 0.6 is 0 Å². The summed E-state index contributed by atoms with van der Waals surface area (Å²) < 4.78 is 1.64. The Morgan fingerprint density at radius 3 is 0.927 bits per heavy atom. The largest absolute Gasteiger partial charge is 0.265 e. The summed E-state index contributed by atoms with van der Waals surface area (Å²) in [6.45, 7) is 63.4. The summed E-state index contributed by atoms with van der Waals surface area (Å²) in [5.74, 6) is 0.822. The van der Waals surface area contributed by atoms with Crippen molar-refractivity contribution in [1.82, 2.24) is 111 Å². The van der Waals surface area contributed by atoms with Crippen LogP contribution < -0.4 is 0 Å². The topological polar surface area (TPSA) is 281 Å². The zero-order chi connectivity index (χ0) is 76.1. The van der Waals surface area contributed by atoms with E-state index in [-0.39, 0.29) is 0 Å². The van der Waals surface area contributed by atoms with Crippen LogP contribution in [0.2, 0.25) is 0 Å². The Morgan fingerprint density at radius 1 is 0.281 bits per heavy atom. The quantitative estimate of drug-likeness (QED) is 0.143.